The topological polar surface area (TPSA) is 83.8 Å². The zero-order chi connectivity index (χ0) is 19.6. The van der Waals surface area contributed by atoms with Crippen molar-refractivity contribution in [2.75, 3.05) is 38.2 Å². The van der Waals surface area contributed by atoms with Gasteiger partial charge in [0.1, 0.15) is 0 Å². The molecular formula is C21H25N3O4. The lowest BCUT2D eigenvalue weighted by Crippen LogP contribution is -2.41. The maximum absolute atomic E-state index is 12.6. The van der Waals surface area contributed by atoms with Crippen LogP contribution in [0.25, 0.3) is 10.9 Å². The van der Waals surface area contributed by atoms with Gasteiger partial charge in [0.15, 0.2) is 5.41 Å². The molecule has 1 saturated heterocycles. The van der Waals surface area contributed by atoms with Gasteiger partial charge in [0.2, 0.25) is 5.91 Å². The zero-order valence-electron chi connectivity index (χ0n) is 15.8. The number of anilines is 1. The van der Waals surface area contributed by atoms with Crippen LogP contribution in [0.2, 0.25) is 0 Å². The number of carboxylic acid groups (broad SMARTS) is 1. The fraction of sp³-hybridized carbons (Fsp3) is 0.429. The molecule has 2 aromatic rings. The molecule has 0 radical (unpaired) electrons. The molecule has 148 valence electrons. The number of morpholine rings is 1. The number of ether oxygens (including phenoxy) is 1. The highest BCUT2D eigenvalue weighted by atomic mass is 16.5. The smallest absolute Gasteiger partial charge is 0.319 e. The van der Waals surface area contributed by atoms with Crippen LogP contribution < -0.4 is 5.32 Å². The molecule has 28 heavy (non-hydrogen) atoms. The van der Waals surface area contributed by atoms with Crippen molar-refractivity contribution in [3.63, 3.8) is 0 Å². The normalized spacial score (nSPS) is 19.1. The number of amides is 1. The van der Waals surface area contributed by atoms with Crippen LogP contribution in [-0.2, 0) is 20.9 Å². The monoisotopic (exact) mass is 383 g/mol. The summed E-state index contributed by atoms with van der Waals surface area (Å²) in [5, 5.41) is 13.4. The molecule has 7 nitrogen and oxygen atoms in total. The number of aromatic nitrogens is 1. The summed E-state index contributed by atoms with van der Waals surface area (Å²) in [6.07, 6.45) is 6.02. The second kappa shape index (κ2) is 7.77. The van der Waals surface area contributed by atoms with E-state index in [0.29, 0.717) is 5.69 Å². The summed E-state index contributed by atoms with van der Waals surface area (Å²) in [7, 11) is 0. The minimum absolute atomic E-state index is 0.230. The van der Waals surface area contributed by atoms with Crippen molar-refractivity contribution in [3.8, 4) is 0 Å². The summed E-state index contributed by atoms with van der Waals surface area (Å²) in [6, 6.07) is 7.73. The number of hydrogen-bond donors (Lipinski definition) is 2. The van der Waals surface area contributed by atoms with Crippen molar-refractivity contribution < 1.29 is 19.4 Å². The molecule has 1 aromatic carbocycles. The summed E-state index contributed by atoms with van der Waals surface area (Å²) in [5.41, 5.74) is 0.330. The molecule has 0 unspecified atom stereocenters. The molecule has 7 heteroatoms. The summed E-state index contributed by atoms with van der Waals surface area (Å²) in [6.45, 7) is 5.39. The Hall–Kier alpha value is -2.64. The third kappa shape index (κ3) is 3.55. The van der Waals surface area contributed by atoms with Crippen molar-refractivity contribution in [2.45, 2.75) is 19.4 Å². The van der Waals surface area contributed by atoms with E-state index < -0.39 is 17.3 Å². The highest BCUT2D eigenvalue weighted by Gasteiger charge is 2.46. The number of fused-ring (bicyclic) bond motifs is 1. The molecule has 1 aliphatic heterocycles. The van der Waals surface area contributed by atoms with Gasteiger partial charge in [0, 0.05) is 49.0 Å². The quantitative estimate of drug-likeness (QED) is 0.591. The van der Waals surface area contributed by atoms with E-state index in [-0.39, 0.29) is 12.8 Å². The molecule has 1 aromatic heterocycles. The summed E-state index contributed by atoms with van der Waals surface area (Å²) < 4.78 is 7.59. The van der Waals surface area contributed by atoms with E-state index in [1.54, 1.807) is 12.2 Å². The fourth-order valence-corrected chi connectivity index (χ4v) is 3.91. The van der Waals surface area contributed by atoms with Gasteiger partial charge in [-0.15, -0.1) is 0 Å². The lowest BCUT2D eigenvalue weighted by molar-refractivity contribution is -0.153. The van der Waals surface area contributed by atoms with Gasteiger partial charge in [-0.1, -0.05) is 12.2 Å². The number of aliphatic carboxylic acids is 1. The van der Waals surface area contributed by atoms with Gasteiger partial charge in [0.25, 0.3) is 0 Å². The third-order valence-electron chi connectivity index (χ3n) is 5.73. The molecule has 1 aliphatic carbocycles. The largest absolute Gasteiger partial charge is 0.480 e. The predicted molar refractivity (Wildman–Crippen MR) is 106 cm³/mol. The van der Waals surface area contributed by atoms with Crippen LogP contribution >= 0.6 is 0 Å². The van der Waals surface area contributed by atoms with Crippen molar-refractivity contribution in [1.29, 1.82) is 0 Å². The number of carbonyl (C=O) groups excluding carboxylic acids is 1. The zero-order valence-corrected chi connectivity index (χ0v) is 15.8. The fourth-order valence-electron chi connectivity index (χ4n) is 3.91. The van der Waals surface area contributed by atoms with Gasteiger partial charge in [-0.3, -0.25) is 14.5 Å². The van der Waals surface area contributed by atoms with Crippen molar-refractivity contribution in [1.82, 2.24) is 9.47 Å². The minimum atomic E-state index is -1.39. The van der Waals surface area contributed by atoms with Gasteiger partial charge < -0.3 is 19.7 Å². The van der Waals surface area contributed by atoms with Gasteiger partial charge >= 0.3 is 5.97 Å². The third-order valence-corrected chi connectivity index (χ3v) is 5.73. The highest BCUT2D eigenvalue weighted by molar-refractivity contribution is 6.09. The average molecular weight is 383 g/mol. The van der Waals surface area contributed by atoms with Crippen LogP contribution in [0.1, 0.15) is 12.8 Å². The lowest BCUT2D eigenvalue weighted by atomic mass is 9.84. The predicted octanol–water partition coefficient (Wildman–Crippen LogP) is 2.33. The second-order valence-corrected chi connectivity index (χ2v) is 7.46. The Balaban J connectivity index is 1.45. The number of nitrogens with one attached hydrogen (secondary N) is 1. The van der Waals surface area contributed by atoms with Gasteiger partial charge in [0.05, 0.1) is 13.2 Å². The van der Waals surface area contributed by atoms with Crippen LogP contribution in [-0.4, -0.2) is 59.3 Å². The summed E-state index contributed by atoms with van der Waals surface area (Å²) >= 11 is 0. The standard InChI is InChI=1S/C21H25N3O4/c25-19(21(20(26)27)6-1-2-7-21)22-17-3-4-18-16(15-17)5-8-24(18)10-9-23-11-13-28-14-12-23/h1-5,8,15H,6-7,9-14H2,(H,22,25)(H,26,27). The molecule has 0 bridgehead atoms. The highest BCUT2D eigenvalue weighted by Crippen LogP contribution is 2.35. The number of rotatable bonds is 6. The van der Waals surface area contributed by atoms with E-state index in [2.05, 4.69) is 21.0 Å². The first-order valence-electron chi connectivity index (χ1n) is 9.67. The van der Waals surface area contributed by atoms with E-state index in [1.165, 1.54) is 0 Å². The summed E-state index contributed by atoms with van der Waals surface area (Å²) in [5.74, 6) is -1.54. The maximum atomic E-state index is 12.6. The SMILES string of the molecule is O=C(O)C1(C(=O)Nc2ccc3c(ccn3CCN3CCOCC3)c2)CC=CC1. The van der Waals surface area contributed by atoms with Crippen molar-refractivity contribution >= 4 is 28.5 Å². The second-order valence-electron chi connectivity index (χ2n) is 7.46. The van der Waals surface area contributed by atoms with E-state index in [4.69, 9.17) is 4.74 Å². The Kier molecular flexibility index (Phi) is 5.19. The first-order valence-corrected chi connectivity index (χ1v) is 9.67. The maximum Gasteiger partial charge on any atom is 0.319 e. The Morgan fingerprint density at radius 1 is 1.11 bits per heavy atom. The lowest BCUT2D eigenvalue weighted by Gasteiger charge is -2.26. The van der Waals surface area contributed by atoms with Crippen LogP contribution in [0.4, 0.5) is 5.69 Å². The molecule has 2 heterocycles. The van der Waals surface area contributed by atoms with Crippen LogP contribution in [0, 0.1) is 5.41 Å². The van der Waals surface area contributed by atoms with Crippen molar-refractivity contribution in [3.05, 3.63) is 42.6 Å². The van der Waals surface area contributed by atoms with Gasteiger partial charge in [-0.25, -0.2) is 0 Å². The van der Waals surface area contributed by atoms with E-state index in [9.17, 15) is 14.7 Å². The van der Waals surface area contributed by atoms with Gasteiger partial charge in [-0.2, -0.15) is 0 Å². The molecule has 2 N–H and O–H groups in total. The number of hydrogen-bond acceptors (Lipinski definition) is 4. The number of nitrogens with zero attached hydrogens (tertiary/aromatic N) is 2. The first-order chi connectivity index (χ1) is 13.6. The molecule has 0 spiro atoms. The molecule has 0 saturated carbocycles. The van der Waals surface area contributed by atoms with E-state index in [1.807, 2.05) is 24.3 Å². The Labute approximate surface area is 163 Å². The number of allylic oxidation sites excluding steroid dienone is 2. The molecule has 4 rings (SSSR count). The first kappa shape index (κ1) is 18.7. The van der Waals surface area contributed by atoms with Crippen LogP contribution in [0.5, 0.6) is 0 Å². The average Bonchev–Trinajstić information content (AvgIpc) is 3.35. The number of carbonyl (C=O) groups is 2. The molecule has 2 aliphatic rings. The molecular weight excluding hydrogens is 358 g/mol. The molecule has 1 fully saturated rings. The number of carboxylic acids is 1. The summed E-state index contributed by atoms with van der Waals surface area (Å²) in [4.78, 5) is 26.7. The molecule has 1 amide bonds. The van der Waals surface area contributed by atoms with E-state index in [0.717, 1.165) is 50.3 Å². The van der Waals surface area contributed by atoms with Gasteiger partial charge in [-0.05, 0) is 37.1 Å². The number of benzene rings is 1. The van der Waals surface area contributed by atoms with Crippen LogP contribution in [0.15, 0.2) is 42.6 Å². The van der Waals surface area contributed by atoms with Crippen LogP contribution in [0.3, 0.4) is 0 Å². The Morgan fingerprint density at radius 2 is 1.86 bits per heavy atom. The minimum Gasteiger partial charge on any atom is -0.480 e. The molecule has 0 atom stereocenters. The van der Waals surface area contributed by atoms with Crippen molar-refractivity contribution in [2.24, 2.45) is 5.41 Å². The Morgan fingerprint density at radius 3 is 2.57 bits per heavy atom. The Bertz CT molecular complexity index is 904. The van der Waals surface area contributed by atoms with E-state index >= 15 is 0 Å².